The second-order valence-corrected chi connectivity index (χ2v) is 7.38. The summed E-state index contributed by atoms with van der Waals surface area (Å²) in [4.78, 5) is 29.1. The topological polar surface area (TPSA) is 40.6 Å². The van der Waals surface area contributed by atoms with Crippen molar-refractivity contribution in [1.29, 1.82) is 0 Å². The Hall–Kier alpha value is -2.62. The van der Waals surface area contributed by atoms with Gasteiger partial charge in [-0.2, -0.15) is 0 Å². The lowest BCUT2D eigenvalue weighted by Gasteiger charge is -2.22. The van der Waals surface area contributed by atoms with E-state index in [4.69, 9.17) is 0 Å². The molecule has 0 spiro atoms. The van der Waals surface area contributed by atoms with Crippen LogP contribution < -0.4 is 0 Å². The van der Waals surface area contributed by atoms with Crippen LogP contribution in [0.15, 0.2) is 48.5 Å². The van der Waals surface area contributed by atoms with Crippen LogP contribution in [0.25, 0.3) is 0 Å². The summed E-state index contributed by atoms with van der Waals surface area (Å²) in [6.07, 6.45) is 1.70. The van der Waals surface area contributed by atoms with Crippen molar-refractivity contribution in [3.8, 4) is 0 Å². The zero-order valence-corrected chi connectivity index (χ0v) is 16.3. The monoisotopic (exact) mass is 364 g/mol. The molecule has 2 aromatic rings. The van der Waals surface area contributed by atoms with Gasteiger partial charge < -0.3 is 9.80 Å². The van der Waals surface area contributed by atoms with Crippen molar-refractivity contribution in [3.63, 3.8) is 0 Å². The van der Waals surface area contributed by atoms with Gasteiger partial charge in [-0.05, 0) is 37.0 Å². The lowest BCUT2D eigenvalue weighted by atomic mass is 10.0. The standard InChI is InChI=1S/C23H28N2O2/c1-18-9-10-21(19(2)15-18)17-23(27)25-12-6-11-24(13-14-25)22(26)16-20-7-4-3-5-8-20/h3-5,7-10,15H,6,11-14,16-17H2,1-2H3. The van der Waals surface area contributed by atoms with Gasteiger partial charge >= 0.3 is 0 Å². The van der Waals surface area contributed by atoms with E-state index in [0.717, 1.165) is 36.2 Å². The Labute approximate surface area is 161 Å². The molecule has 4 heteroatoms. The Bertz CT molecular complexity index is 801. The van der Waals surface area contributed by atoms with Crippen LogP contribution in [0.5, 0.6) is 0 Å². The molecule has 0 aromatic heterocycles. The normalized spacial score (nSPS) is 14.7. The molecule has 0 bridgehead atoms. The van der Waals surface area contributed by atoms with Crippen molar-refractivity contribution in [1.82, 2.24) is 9.80 Å². The predicted octanol–water partition coefficient (Wildman–Crippen LogP) is 3.15. The number of carbonyl (C=O) groups excluding carboxylic acids is 2. The molecule has 0 aliphatic carbocycles. The van der Waals surface area contributed by atoms with Crippen LogP contribution in [-0.2, 0) is 22.4 Å². The highest BCUT2D eigenvalue weighted by atomic mass is 16.2. The van der Waals surface area contributed by atoms with Gasteiger partial charge in [-0.3, -0.25) is 9.59 Å². The zero-order valence-electron chi connectivity index (χ0n) is 16.3. The fraction of sp³-hybridized carbons (Fsp3) is 0.391. The molecule has 0 radical (unpaired) electrons. The number of amides is 2. The number of nitrogens with zero attached hydrogens (tertiary/aromatic N) is 2. The van der Waals surface area contributed by atoms with Crippen molar-refractivity contribution in [2.45, 2.75) is 33.1 Å². The number of benzene rings is 2. The minimum Gasteiger partial charge on any atom is -0.341 e. The minimum absolute atomic E-state index is 0.143. The van der Waals surface area contributed by atoms with Crippen LogP contribution >= 0.6 is 0 Å². The van der Waals surface area contributed by atoms with E-state index in [9.17, 15) is 9.59 Å². The summed E-state index contributed by atoms with van der Waals surface area (Å²) in [6, 6.07) is 16.1. The van der Waals surface area contributed by atoms with Crippen LogP contribution in [0.4, 0.5) is 0 Å². The molecule has 1 aliphatic rings. The Balaban J connectivity index is 1.56. The summed E-state index contributed by atoms with van der Waals surface area (Å²) in [7, 11) is 0. The van der Waals surface area contributed by atoms with Crippen molar-refractivity contribution in [2.24, 2.45) is 0 Å². The Morgan fingerprint density at radius 3 is 2.07 bits per heavy atom. The van der Waals surface area contributed by atoms with Crippen molar-refractivity contribution in [2.75, 3.05) is 26.2 Å². The van der Waals surface area contributed by atoms with E-state index in [0.29, 0.717) is 25.9 Å². The fourth-order valence-corrected chi connectivity index (χ4v) is 3.62. The molecule has 0 saturated carbocycles. The van der Waals surface area contributed by atoms with Crippen molar-refractivity contribution in [3.05, 3.63) is 70.8 Å². The molecular formula is C23H28N2O2. The van der Waals surface area contributed by atoms with Gasteiger partial charge in [-0.25, -0.2) is 0 Å². The highest BCUT2D eigenvalue weighted by Gasteiger charge is 2.22. The number of hydrogen-bond donors (Lipinski definition) is 0. The van der Waals surface area contributed by atoms with Gasteiger partial charge in [0.1, 0.15) is 0 Å². The smallest absolute Gasteiger partial charge is 0.227 e. The van der Waals surface area contributed by atoms with E-state index in [1.165, 1.54) is 5.56 Å². The second kappa shape index (κ2) is 8.85. The number of carbonyl (C=O) groups is 2. The summed E-state index contributed by atoms with van der Waals surface area (Å²) in [6.45, 7) is 6.79. The first-order valence-electron chi connectivity index (χ1n) is 9.68. The van der Waals surface area contributed by atoms with Gasteiger partial charge in [0.25, 0.3) is 0 Å². The third-order valence-electron chi connectivity index (χ3n) is 5.24. The Morgan fingerprint density at radius 1 is 0.815 bits per heavy atom. The van der Waals surface area contributed by atoms with Gasteiger partial charge in [-0.15, -0.1) is 0 Å². The lowest BCUT2D eigenvalue weighted by molar-refractivity contribution is -0.132. The average Bonchev–Trinajstić information content (AvgIpc) is 2.91. The first-order chi connectivity index (χ1) is 13.0. The van der Waals surface area contributed by atoms with Gasteiger partial charge in [0.05, 0.1) is 12.8 Å². The highest BCUT2D eigenvalue weighted by Crippen LogP contribution is 2.14. The van der Waals surface area contributed by atoms with E-state index in [2.05, 4.69) is 32.0 Å². The summed E-state index contributed by atoms with van der Waals surface area (Å²) in [5.74, 6) is 0.296. The van der Waals surface area contributed by atoms with Gasteiger partial charge in [0.15, 0.2) is 0 Å². The molecule has 4 nitrogen and oxygen atoms in total. The van der Waals surface area contributed by atoms with E-state index in [1.54, 1.807) is 0 Å². The zero-order chi connectivity index (χ0) is 19.2. The largest absolute Gasteiger partial charge is 0.341 e. The van der Waals surface area contributed by atoms with Crippen LogP contribution in [0.2, 0.25) is 0 Å². The quantitative estimate of drug-likeness (QED) is 0.836. The third-order valence-corrected chi connectivity index (χ3v) is 5.24. The molecule has 0 atom stereocenters. The number of rotatable bonds is 4. The molecule has 142 valence electrons. The maximum absolute atomic E-state index is 12.7. The summed E-state index contributed by atoms with van der Waals surface area (Å²) >= 11 is 0. The third kappa shape index (κ3) is 5.19. The minimum atomic E-state index is 0.143. The summed E-state index contributed by atoms with van der Waals surface area (Å²) in [5, 5.41) is 0. The van der Waals surface area contributed by atoms with Gasteiger partial charge in [0.2, 0.25) is 11.8 Å². The Morgan fingerprint density at radius 2 is 1.44 bits per heavy atom. The molecule has 2 aromatic carbocycles. The molecule has 2 amide bonds. The summed E-state index contributed by atoms with van der Waals surface area (Å²) < 4.78 is 0. The fourth-order valence-electron chi connectivity index (χ4n) is 3.62. The molecule has 1 aliphatic heterocycles. The van der Waals surface area contributed by atoms with E-state index >= 15 is 0 Å². The van der Waals surface area contributed by atoms with E-state index in [-0.39, 0.29) is 11.8 Å². The molecule has 3 rings (SSSR count). The predicted molar refractivity (Wildman–Crippen MR) is 108 cm³/mol. The molecule has 0 unspecified atom stereocenters. The SMILES string of the molecule is Cc1ccc(CC(=O)N2CCCN(C(=O)Cc3ccccc3)CC2)c(C)c1. The highest BCUT2D eigenvalue weighted by molar-refractivity contribution is 5.80. The molecule has 1 fully saturated rings. The first kappa shape index (κ1) is 19.2. The molecule has 0 N–H and O–H groups in total. The molecule has 27 heavy (non-hydrogen) atoms. The maximum Gasteiger partial charge on any atom is 0.227 e. The second-order valence-electron chi connectivity index (χ2n) is 7.38. The lowest BCUT2D eigenvalue weighted by Crippen LogP contribution is -2.38. The number of hydrogen-bond acceptors (Lipinski definition) is 2. The molecule has 1 saturated heterocycles. The van der Waals surface area contributed by atoms with Crippen LogP contribution in [-0.4, -0.2) is 47.8 Å². The summed E-state index contributed by atoms with van der Waals surface area (Å²) in [5.41, 5.74) is 4.50. The van der Waals surface area contributed by atoms with Gasteiger partial charge in [0, 0.05) is 26.2 Å². The number of aryl methyl sites for hydroxylation is 2. The van der Waals surface area contributed by atoms with Crippen LogP contribution in [0, 0.1) is 13.8 Å². The Kier molecular flexibility index (Phi) is 6.28. The van der Waals surface area contributed by atoms with E-state index in [1.807, 2.05) is 40.1 Å². The molecular weight excluding hydrogens is 336 g/mol. The first-order valence-corrected chi connectivity index (χ1v) is 9.68. The van der Waals surface area contributed by atoms with Gasteiger partial charge in [-0.1, -0.05) is 54.1 Å². The molecule has 1 heterocycles. The van der Waals surface area contributed by atoms with Crippen LogP contribution in [0.3, 0.4) is 0 Å². The average molecular weight is 364 g/mol. The van der Waals surface area contributed by atoms with Crippen molar-refractivity contribution >= 4 is 11.8 Å². The van der Waals surface area contributed by atoms with Crippen molar-refractivity contribution < 1.29 is 9.59 Å². The van der Waals surface area contributed by atoms with E-state index < -0.39 is 0 Å². The maximum atomic E-state index is 12.7. The van der Waals surface area contributed by atoms with Crippen LogP contribution in [0.1, 0.15) is 28.7 Å².